The molecule has 33 heavy (non-hydrogen) atoms. The summed E-state index contributed by atoms with van der Waals surface area (Å²) < 4.78 is 15.3. The van der Waals surface area contributed by atoms with E-state index < -0.39 is 5.97 Å². The second-order valence-electron chi connectivity index (χ2n) is 8.60. The first-order valence-corrected chi connectivity index (χ1v) is 11.5. The van der Waals surface area contributed by atoms with Gasteiger partial charge in [0, 0.05) is 49.5 Å². The number of carboxylic acids is 1. The van der Waals surface area contributed by atoms with Gasteiger partial charge in [0.15, 0.2) is 0 Å². The Hall–Kier alpha value is -3.16. The van der Waals surface area contributed by atoms with Crippen LogP contribution in [0.2, 0.25) is 0 Å². The van der Waals surface area contributed by atoms with Crippen LogP contribution in [0.4, 0.5) is 0 Å². The van der Waals surface area contributed by atoms with Gasteiger partial charge in [-0.3, -0.25) is 0 Å². The molecule has 1 aliphatic rings. The van der Waals surface area contributed by atoms with Crippen LogP contribution < -0.4 is 0 Å². The molecular weight excluding hydrogens is 418 g/mol. The van der Waals surface area contributed by atoms with Crippen LogP contribution in [0.25, 0.3) is 33.3 Å². The van der Waals surface area contributed by atoms with E-state index in [4.69, 9.17) is 14.5 Å². The molecule has 0 saturated carbocycles. The zero-order valence-electron chi connectivity index (χ0n) is 19.1. The standard InChI is InChI=1S/C26H29N3O4/c1-32-13-11-28-22-6-4-3-5-19(22)20-15-17(7-9-23(20)28)25-27-21-16-18(26(30)31)8-10-24(21)29(25)12-14-33-2/h7-10,15-16H,3-6,11-14H2,1-2H3,(H,30,31). The predicted molar refractivity (Wildman–Crippen MR) is 128 cm³/mol. The molecule has 4 aromatic rings. The highest BCUT2D eigenvalue weighted by Gasteiger charge is 2.22. The highest BCUT2D eigenvalue weighted by molar-refractivity contribution is 5.94. The summed E-state index contributed by atoms with van der Waals surface area (Å²) in [5, 5.41) is 10.7. The van der Waals surface area contributed by atoms with Crippen LogP contribution in [0.1, 0.15) is 34.5 Å². The van der Waals surface area contributed by atoms with Crippen LogP contribution in [0.5, 0.6) is 0 Å². The minimum Gasteiger partial charge on any atom is -0.478 e. The molecule has 0 saturated heterocycles. The lowest BCUT2D eigenvalue weighted by Crippen LogP contribution is -2.11. The molecular formula is C26H29N3O4. The van der Waals surface area contributed by atoms with Gasteiger partial charge < -0.3 is 23.7 Å². The Bertz CT molecular complexity index is 1330. The highest BCUT2D eigenvalue weighted by Crippen LogP contribution is 2.35. The fourth-order valence-corrected chi connectivity index (χ4v) is 5.11. The van der Waals surface area contributed by atoms with Gasteiger partial charge in [0.25, 0.3) is 0 Å². The van der Waals surface area contributed by atoms with Crippen LogP contribution >= 0.6 is 0 Å². The first-order valence-electron chi connectivity index (χ1n) is 11.5. The lowest BCUT2D eigenvalue weighted by Gasteiger charge is -2.15. The van der Waals surface area contributed by atoms with E-state index in [-0.39, 0.29) is 5.56 Å². The van der Waals surface area contributed by atoms with Gasteiger partial charge in [0.1, 0.15) is 5.82 Å². The third-order valence-electron chi connectivity index (χ3n) is 6.67. The third kappa shape index (κ3) is 3.81. The minimum atomic E-state index is -0.949. The van der Waals surface area contributed by atoms with E-state index in [0.29, 0.717) is 25.3 Å². The molecule has 2 aromatic heterocycles. The van der Waals surface area contributed by atoms with Crippen molar-refractivity contribution in [3.63, 3.8) is 0 Å². The number of carbonyl (C=O) groups is 1. The van der Waals surface area contributed by atoms with Crippen molar-refractivity contribution in [1.82, 2.24) is 14.1 Å². The molecule has 0 bridgehead atoms. The number of carboxylic acid groups (broad SMARTS) is 1. The highest BCUT2D eigenvalue weighted by atomic mass is 16.5. The summed E-state index contributed by atoms with van der Waals surface area (Å²) in [6, 6.07) is 11.7. The van der Waals surface area contributed by atoms with Crippen LogP contribution in [0, 0.1) is 0 Å². The second-order valence-corrected chi connectivity index (χ2v) is 8.60. The maximum atomic E-state index is 11.5. The predicted octanol–water partition coefficient (Wildman–Crippen LogP) is 4.53. The van der Waals surface area contributed by atoms with Crippen LogP contribution in [0.15, 0.2) is 36.4 Å². The monoisotopic (exact) mass is 447 g/mol. The summed E-state index contributed by atoms with van der Waals surface area (Å²) in [5.74, 6) is -0.115. The van der Waals surface area contributed by atoms with E-state index in [2.05, 4.69) is 27.3 Å². The normalized spacial score (nSPS) is 13.6. The number of methoxy groups -OCH3 is 2. The van der Waals surface area contributed by atoms with Crippen LogP contribution in [-0.2, 0) is 35.4 Å². The average Bonchev–Trinajstić information content (AvgIpc) is 3.36. The van der Waals surface area contributed by atoms with Gasteiger partial charge in [-0.05, 0) is 67.6 Å². The topological polar surface area (TPSA) is 78.5 Å². The van der Waals surface area contributed by atoms with Crippen LogP contribution in [-0.4, -0.2) is 52.6 Å². The first-order chi connectivity index (χ1) is 16.1. The Balaban J connectivity index is 1.68. The van der Waals surface area contributed by atoms with Crippen molar-refractivity contribution in [3.8, 4) is 11.4 Å². The number of ether oxygens (including phenoxy) is 2. The molecule has 0 unspecified atom stereocenters. The van der Waals surface area contributed by atoms with Gasteiger partial charge in [-0.1, -0.05) is 0 Å². The molecule has 0 spiro atoms. The lowest BCUT2D eigenvalue weighted by atomic mass is 9.95. The number of fused-ring (bicyclic) bond motifs is 4. The maximum Gasteiger partial charge on any atom is 0.335 e. The zero-order chi connectivity index (χ0) is 22.9. The van der Waals surface area contributed by atoms with E-state index in [1.165, 1.54) is 35.0 Å². The number of aryl methyl sites for hydroxylation is 1. The Morgan fingerprint density at radius 3 is 2.45 bits per heavy atom. The maximum absolute atomic E-state index is 11.5. The van der Waals surface area contributed by atoms with Crippen molar-refractivity contribution in [2.75, 3.05) is 27.4 Å². The first kappa shape index (κ1) is 21.7. The Morgan fingerprint density at radius 2 is 1.70 bits per heavy atom. The van der Waals surface area contributed by atoms with Crippen molar-refractivity contribution in [2.24, 2.45) is 0 Å². The van der Waals surface area contributed by atoms with Gasteiger partial charge >= 0.3 is 5.97 Å². The quantitative estimate of drug-likeness (QED) is 0.429. The molecule has 7 heteroatoms. The fourth-order valence-electron chi connectivity index (χ4n) is 5.11. The molecule has 0 radical (unpaired) electrons. The van der Waals surface area contributed by atoms with Crippen molar-refractivity contribution in [1.29, 1.82) is 0 Å². The molecule has 1 N–H and O–H groups in total. The summed E-state index contributed by atoms with van der Waals surface area (Å²) in [6.07, 6.45) is 4.64. The van der Waals surface area contributed by atoms with Gasteiger partial charge in [-0.2, -0.15) is 0 Å². The fraction of sp³-hybridized carbons (Fsp3) is 0.385. The largest absolute Gasteiger partial charge is 0.478 e. The van der Waals surface area contributed by atoms with Gasteiger partial charge in [-0.15, -0.1) is 0 Å². The van der Waals surface area contributed by atoms with Crippen molar-refractivity contribution >= 4 is 27.9 Å². The van der Waals surface area contributed by atoms with E-state index in [9.17, 15) is 9.90 Å². The van der Waals surface area contributed by atoms with Gasteiger partial charge in [-0.25, -0.2) is 9.78 Å². The summed E-state index contributed by atoms with van der Waals surface area (Å²) in [7, 11) is 3.43. The molecule has 172 valence electrons. The minimum absolute atomic E-state index is 0.241. The van der Waals surface area contributed by atoms with E-state index in [1.807, 2.05) is 6.07 Å². The number of aromatic nitrogens is 3. The van der Waals surface area contributed by atoms with Crippen molar-refractivity contribution in [2.45, 2.75) is 38.8 Å². The van der Waals surface area contributed by atoms with E-state index >= 15 is 0 Å². The molecule has 2 aromatic carbocycles. The summed E-state index contributed by atoms with van der Waals surface area (Å²) in [5.41, 5.74) is 6.99. The number of rotatable bonds is 8. The Kier molecular flexibility index (Phi) is 5.91. The molecule has 0 fully saturated rings. The number of aromatic carboxylic acids is 1. The summed E-state index contributed by atoms with van der Waals surface area (Å²) >= 11 is 0. The smallest absolute Gasteiger partial charge is 0.335 e. The average molecular weight is 448 g/mol. The number of nitrogens with zero attached hydrogens (tertiary/aromatic N) is 3. The lowest BCUT2D eigenvalue weighted by molar-refractivity contribution is 0.0697. The molecule has 2 heterocycles. The Morgan fingerprint density at radius 1 is 0.970 bits per heavy atom. The number of imidazole rings is 1. The van der Waals surface area contributed by atoms with Crippen LogP contribution in [0.3, 0.4) is 0 Å². The molecule has 0 aliphatic heterocycles. The SMILES string of the molecule is COCCn1c(-c2ccc3c(c2)c2c(n3CCOC)CCCC2)nc2cc(C(=O)O)ccc21. The number of benzene rings is 2. The summed E-state index contributed by atoms with van der Waals surface area (Å²) in [4.78, 5) is 16.3. The molecule has 0 amide bonds. The molecule has 5 rings (SSSR count). The number of hydrogen-bond acceptors (Lipinski definition) is 4. The second kappa shape index (κ2) is 9.00. The van der Waals surface area contributed by atoms with E-state index in [0.717, 1.165) is 36.3 Å². The van der Waals surface area contributed by atoms with Gasteiger partial charge in [0.05, 0.1) is 29.8 Å². The van der Waals surface area contributed by atoms with Crippen molar-refractivity contribution < 1.29 is 19.4 Å². The van der Waals surface area contributed by atoms with Gasteiger partial charge in [0.2, 0.25) is 0 Å². The number of hydrogen-bond donors (Lipinski definition) is 1. The van der Waals surface area contributed by atoms with Crippen molar-refractivity contribution in [3.05, 3.63) is 53.2 Å². The van der Waals surface area contributed by atoms with E-state index in [1.54, 1.807) is 26.4 Å². The molecule has 0 atom stereocenters. The zero-order valence-corrected chi connectivity index (χ0v) is 19.1. The third-order valence-corrected chi connectivity index (χ3v) is 6.67. The molecule has 1 aliphatic carbocycles. The molecule has 7 nitrogen and oxygen atoms in total. The summed E-state index contributed by atoms with van der Waals surface area (Å²) in [6.45, 7) is 2.73. The Labute approximate surface area is 192 Å².